The van der Waals surface area contributed by atoms with Gasteiger partial charge in [-0.2, -0.15) is 0 Å². The molecule has 2 N–H and O–H groups in total. The quantitative estimate of drug-likeness (QED) is 0.456. The number of aliphatic hydroxyl groups is 1. The van der Waals surface area contributed by atoms with Gasteiger partial charge in [0.2, 0.25) is 5.95 Å². The Morgan fingerprint density at radius 1 is 1.15 bits per heavy atom. The van der Waals surface area contributed by atoms with Crippen molar-refractivity contribution in [2.75, 3.05) is 31.5 Å². The lowest BCUT2D eigenvalue weighted by Gasteiger charge is -2.52. The second kappa shape index (κ2) is 9.67. The third-order valence-electron chi connectivity index (χ3n) is 7.93. The maximum absolute atomic E-state index is 13.6. The van der Waals surface area contributed by atoms with E-state index in [0.717, 1.165) is 58.0 Å². The van der Waals surface area contributed by atoms with E-state index >= 15 is 0 Å². The molecule has 2 unspecified atom stereocenters. The van der Waals surface area contributed by atoms with Gasteiger partial charge in [0.05, 0.1) is 13.1 Å². The molecule has 2 aromatic heterocycles. The van der Waals surface area contributed by atoms with E-state index in [1.807, 2.05) is 17.5 Å². The molecule has 4 fully saturated rings. The van der Waals surface area contributed by atoms with Crippen molar-refractivity contribution in [3.05, 3.63) is 35.0 Å². The van der Waals surface area contributed by atoms with Crippen LogP contribution in [-0.4, -0.2) is 68.7 Å². The number of hydrogen-bond donors (Lipinski definition) is 2. The first-order valence-electron chi connectivity index (χ1n) is 12.2. The highest BCUT2D eigenvalue weighted by Crippen LogP contribution is 2.43. The molecule has 0 spiro atoms. The number of rotatable bonds is 7. The Kier molecular flexibility index (Phi) is 6.63. The lowest BCUT2D eigenvalue weighted by molar-refractivity contribution is -0.939. The van der Waals surface area contributed by atoms with Crippen molar-refractivity contribution in [2.24, 2.45) is 11.8 Å². The van der Waals surface area contributed by atoms with Crippen LogP contribution >= 0.6 is 11.3 Å². The van der Waals surface area contributed by atoms with Gasteiger partial charge in [-0.05, 0) is 24.3 Å². The van der Waals surface area contributed by atoms with Crippen LogP contribution in [0.3, 0.4) is 0 Å². The molecule has 3 aliphatic heterocycles. The first-order valence-corrected chi connectivity index (χ1v) is 13.1. The normalized spacial score (nSPS) is 28.7. The SMILES string of the molecule is O=C(C[N+]12CCC(CC1)C(OC(=O)C(O)(c1cccs1)C1CCCCC1)C2)Nc1ncncn1. The van der Waals surface area contributed by atoms with Crippen molar-refractivity contribution in [3.8, 4) is 0 Å². The van der Waals surface area contributed by atoms with Gasteiger partial charge >= 0.3 is 5.97 Å². The van der Waals surface area contributed by atoms with E-state index in [0.29, 0.717) is 15.9 Å². The maximum Gasteiger partial charge on any atom is 0.344 e. The summed E-state index contributed by atoms with van der Waals surface area (Å²) < 4.78 is 6.71. The minimum absolute atomic E-state index is 0.122. The van der Waals surface area contributed by atoms with E-state index in [4.69, 9.17) is 4.74 Å². The van der Waals surface area contributed by atoms with E-state index < -0.39 is 11.6 Å². The van der Waals surface area contributed by atoms with Crippen LogP contribution in [0.5, 0.6) is 0 Å². The predicted molar refractivity (Wildman–Crippen MR) is 126 cm³/mol. The molecule has 1 amide bonds. The number of piperidine rings is 3. The van der Waals surface area contributed by atoms with Crippen LogP contribution in [-0.2, 0) is 19.9 Å². The van der Waals surface area contributed by atoms with E-state index in [2.05, 4.69) is 20.3 Å². The van der Waals surface area contributed by atoms with Crippen LogP contribution in [0.2, 0.25) is 0 Å². The number of thiophene rings is 1. The topological polar surface area (TPSA) is 114 Å². The molecule has 9 nitrogen and oxygen atoms in total. The summed E-state index contributed by atoms with van der Waals surface area (Å²) in [6, 6.07) is 3.72. The number of fused-ring (bicyclic) bond motifs is 3. The van der Waals surface area contributed by atoms with Crippen LogP contribution in [0, 0.1) is 11.8 Å². The first kappa shape index (κ1) is 23.3. The number of amides is 1. The minimum atomic E-state index is -1.60. The number of carbonyl (C=O) groups excluding carboxylic acids is 2. The molecule has 3 saturated heterocycles. The van der Waals surface area contributed by atoms with Crippen molar-refractivity contribution in [2.45, 2.75) is 56.7 Å². The number of carbonyl (C=O) groups is 2. The molecule has 4 aliphatic rings. The average molecular weight is 487 g/mol. The summed E-state index contributed by atoms with van der Waals surface area (Å²) in [4.78, 5) is 38.7. The second-order valence-corrected chi connectivity index (χ2v) is 10.9. The second-order valence-electron chi connectivity index (χ2n) is 10.00. The third-order valence-corrected chi connectivity index (χ3v) is 8.92. The van der Waals surface area contributed by atoms with Crippen LogP contribution in [0.25, 0.3) is 0 Å². The molecule has 5 heterocycles. The van der Waals surface area contributed by atoms with Crippen LogP contribution in [0.1, 0.15) is 49.8 Å². The monoisotopic (exact) mass is 486 g/mol. The standard InChI is InChI=1S/C24H31N5O4S/c30-21(28-23-26-15-25-16-27-23)14-29-10-8-17(9-11-29)19(13-29)33-22(31)24(32,20-7-4-12-34-20)18-5-2-1-3-6-18/h4,7,12,15-19,32H,1-3,5-6,8-11,13-14H2/p+1. The number of nitrogens with zero attached hydrogens (tertiary/aromatic N) is 4. The fourth-order valence-electron chi connectivity index (χ4n) is 6.06. The third kappa shape index (κ3) is 4.58. The van der Waals surface area contributed by atoms with Gasteiger partial charge in [-0.3, -0.25) is 10.1 Å². The molecule has 34 heavy (non-hydrogen) atoms. The summed E-state index contributed by atoms with van der Waals surface area (Å²) in [7, 11) is 0. The van der Waals surface area contributed by atoms with Crippen LogP contribution in [0.4, 0.5) is 5.95 Å². The lowest BCUT2D eigenvalue weighted by Crippen LogP contribution is -2.66. The maximum atomic E-state index is 13.6. The van der Waals surface area contributed by atoms with Crippen molar-refractivity contribution in [1.82, 2.24) is 15.0 Å². The smallest absolute Gasteiger partial charge is 0.344 e. The largest absolute Gasteiger partial charge is 0.454 e. The van der Waals surface area contributed by atoms with Gasteiger partial charge in [0.1, 0.15) is 19.2 Å². The molecule has 0 radical (unpaired) electrons. The highest BCUT2D eigenvalue weighted by Gasteiger charge is 2.53. The number of esters is 1. The molecule has 2 aromatic rings. The van der Waals surface area contributed by atoms with Gasteiger partial charge < -0.3 is 14.3 Å². The van der Waals surface area contributed by atoms with Gasteiger partial charge in [-0.25, -0.2) is 19.7 Å². The van der Waals surface area contributed by atoms with Gasteiger partial charge in [0.15, 0.2) is 18.2 Å². The molecule has 1 saturated carbocycles. The summed E-state index contributed by atoms with van der Waals surface area (Å²) in [5.41, 5.74) is -1.60. The zero-order valence-corrected chi connectivity index (χ0v) is 20.1. The van der Waals surface area contributed by atoms with Crippen LogP contribution < -0.4 is 5.32 Å². The fraction of sp³-hybridized carbons (Fsp3) is 0.625. The number of aromatic nitrogens is 3. The Morgan fingerprint density at radius 3 is 2.56 bits per heavy atom. The van der Waals surface area contributed by atoms with E-state index in [1.165, 1.54) is 24.0 Å². The van der Waals surface area contributed by atoms with Crippen molar-refractivity contribution >= 4 is 29.2 Å². The van der Waals surface area contributed by atoms with Gasteiger partial charge in [0.25, 0.3) is 5.91 Å². The highest BCUT2D eigenvalue weighted by atomic mass is 32.1. The summed E-state index contributed by atoms with van der Waals surface area (Å²) in [6.45, 7) is 2.62. The minimum Gasteiger partial charge on any atom is -0.454 e. The van der Waals surface area contributed by atoms with Crippen molar-refractivity contribution < 1.29 is 23.9 Å². The number of ether oxygens (including phenoxy) is 1. The Hall–Kier alpha value is -2.43. The zero-order valence-electron chi connectivity index (χ0n) is 19.3. The predicted octanol–water partition coefficient (Wildman–Crippen LogP) is 2.49. The van der Waals surface area contributed by atoms with E-state index in [-0.39, 0.29) is 36.3 Å². The highest BCUT2D eigenvalue weighted by molar-refractivity contribution is 7.10. The number of quaternary nitrogens is 1. The summed E-state index contributed by atoms with van der Waals surface area (Å²) in [6.07, 6.45) is 9.04. The molecule has 6 rings (SSSR count). The molecule has 1 aliphatic carbocycles. The summed E-state index contributed by atoms with van der Waals surface area (Å²) in [5, 5.41) is 16.4. The molecular formula is C24H32N5O4S+. The van der Waals surface area contributed by atoms with Gasteiger partial charge in [-0.15, -0.1) is 11.3 Å². The average Bonchev–Trinajstić information content (AvgIpc) is 3.40. The van der Waals surface area contributed by atoms with E-state index in [9.17, 15) is 14.7 Å². The summed E-state index contributed by atoms with van der Waals surface area (Å²) >= 11 is 1.41. The Bertz CT molecular complexity index is 990. The Morgan fingerprint density at radius 2 is 1.88 bits per heavy atom. The Balaban J connectivity index is 1.29. The molecule has 0 aromatic carbocycles. The summed E-state index contributed by atoms with van der Waals surface area (Å²) in [5.74, 6) is -0.291. The van der Waals surface area contributed by atoms with E-state index in [1.54, 1.807) is 0 Å². The molecular weight excluding hydrogens is 454 g/mol. The Labute approximate surface area is 203 Å². The number of anilines is 1. The van der Waals surface area contributed by atoms with Crippen molar-refractivity contribution in [3.63, 3.8) is 0 Å². The van der Waals surface area contributed by atoms with Crippen LogP contribution in [0.15, 0.2) is 30.2 Å². The van der Waals surface area contributed by atoms with Crippen molar-refractivity contribution in [1.29, 1.82) is 0 Å². The lowest BCUT2D eigenvalue weighted by atomic mass is 9.75. The molecule has 10 heteroatoms. The fourth-order valence-corrected chi connectivity index (χ4v) is 6.95. The zero-order chi connectivity index (χ0) is 23.6. The van der Waals surface area contributed by atoms with Gasteiger partial charge in [-0.1, -0.05) is 25.3 Å². The molecule has 2 atom stereocenters. The number of hydrogen-bond acceptors (Lipinski definition) is 8. The molecule has 2 bridgehead atoms. The number of nitrogens with one attached hydrogen (secondary N) is 1. The van der Waals surface area contributed by atoms with Gasteiger partial charge in [0, 0.05) is 29.6 Å². The molecule has 182 valence electrons. The first-order chi connectivity index (χ1) is 16.5.